The maximum absolute atomic E-state index is 11.7. The van der Waals surface area contributed by atoms with Crippen LogP contribution in [-0.4, -0.2) is 252 Å². The van der Waals surface area contributed by atoms with Crippen LogP contribution >= 0.6 is 0 Å². The largest absolute Gasteiger partial charge is 0.394 e. The zero-order chi connectivity index (χ0) is 55.1. The third-order valence-corrected chi connectivity index (χ3v) is 19.9. The van der Waals surface area contributed by atoms with Crippen molar-refractivity contribution in [1.29, 1.82) is 0 Å². The molecule has 0 amide bonds. The van der Waals surface area contributed by atoms with E-state index >= 15 is 0 Å². The number of aliphatic hydroxyl groups excluding tert-OH is 14. The van der Waals surface area contributed by atoms with E-state index in [9.17, 15) is 71.5 Å². The van der Waals surface area contributed by atoms with E-state index in [4.69, 9.17) is 47.4 Å². The standard InChI is InChI=1S/C52H86O24/c1-20(19-68-46-41(64)38(61)35(58)29(16-53)70-46)9-12-52(67-6)21(2)33-28(76-52)15-27-25-8-7-23-13-24(56)14-32(51(23,5)26(25)10-11-50(27,33)4)73-49-45(40(63)37(60)31(18-55)72-49)75-48-43(66)44(34(57)22(3)69-48)74-47-42(65)39(62)36(59)30(17-54)71-47/h7,20-22,24-49,53-66H,8-19H2,1-6H3/t20-,21+,22+,24-,25-,26+,27+,28+,29-,30-,31-,32-,33+,34+,35-,36-,37+,38+,39+,40+,41-,42-,43-,44-,45-,46-,47+,48+,49+,50+,51+,52-/m1/s1. The van der Waals surface area contributed by atoms with Crippen molar-refractivity contribution in [2.45, 2.75) is 233 Å². The monoisotopic (exact) mass is 1090 g/mol. The van der Waals surface area contributed by atoms with E-state index in [0.717, 1.165) is 31.3 Å². The van der Waals surface area contributed by atoms with Gasteiger partial charge in [0.1, 0.15) is 91.6 Å². The van der Waals surface area contributed by atoms with Gasteiger partial charge >= 0.3 is 0 Å². The zero-order valence-corrected chi connectivity index (χ0v) is 44.1. The van der Waals surface area contributed by atoms with Crippen molar-refractivity contribution in [3.63, 3.8) is 0 Å². The lowest BCUT2D eigenvalue weighted by Gasteiger charge is -2.60. The predicted molar refractivity (Wildman–Crippen MR) is 256 cm³/mol. The van der Waals surface area contributed by atoms with E-state index in [1.165, 1.54) is 6.92 Å². The van der Waals surface area contributed by atoms with Gasteiger partial charge in [-0.1, -0.05) is 39.3 Å². The summed E-state index contributed by atoms with van der Waals surface area (Å²) in [6.07, 6.45) is -25.6. The molecule has 0 unspecified atom stereocenters. The van der Waals surface area contributed by atoms with Gasteiger partial charge in [-0.05, 0) is 80.5 Å². The summed E-state index contributed by atoms with van der Waals surface area (Å²) in [6.45, 7) is 8.32. The van der Waals surface area contributed by atoms with Crippen molar-refractivity contribution in [1.82, 2.24) is 0 Å². The third kappa shape index (κ3) is 10.3. The fourth-order valence-corrected chi connectivity index (χ4v) is 15.4. The Morgan fingerprint density at radius 3 is 1.86 bits per heavy atom. The van der Waals surface area contributed by atoms with Crippen LogP contribution in [0, 0.1) is 46.3 Å². The van der Waals surface area contributed by atoms with Crippen molar-refractivity contribution in [3.8, 4) is 0 Å². The Hall–Kier alpha value is -1.22. The van der Waals surface area contributed by atoms with Crippen LogP contribution in [0.4, 0.5) is 0 Å². The van der Waals surface area contributed by atoms with Crippen LogP contribution in [-0.2, 0) is 47.4 Å². The second-order valence-electron chi connectivity index (χ2n) is 24.1. The molecule has 0 aromatic rings. The Balaban J connectivity index is 0.892. The van der Waals surface area contributed by atoms with Gasteiger partial charge in [-0.3, -0.25) is 0 Å². The van der Waals surface area contributed by atoms with E-state index in [0.29, 0.717) is 19.3 Å². The number of hydrogen-bond donors (Lipinski definition) is 14. The third-order valence-electron chi connectivity index (χ3n) is 19.9. The first-order valence-electron chi connectivity index (χ1n) is 27.4. The Labute approximate surface area is 442 Å². The van der Waals surface area contributed by atoms with Crippen LogP contribution in [0.3, 0.4) is 0 Å². The van der Waals surface area contributed by atoms with Crippen molar-refractivity contribution in [2.75, 3.05) is 33.5 Å². The van der Waals surface area contributed by atoms with E-state index in [-0.39, 0.29) is 60.1 Å². The maximum Gasteiger partial charge on any atom is 0.187 e. The molecule has 32 atom stereocenters. The molecular formula is C52H86O24. The number of hydrogen-bond acceptors (Lipinski definition) is 24. The SMILES string of the molecule is CO[C@]1(CC[C@@H](C)CO[C@@H]2O[C@H](CO)[C@@H](O)[C@H](O)[C@H]2O)O[C@H]2C[C@H]3[C@@H]4CC=C5C[C@@H](O)C[C@@H](O[C@@H]6O[C@H](CO)[C@H](O)[C@H](O)[C@H]6O[C@@H]6O[C@@H](C)[C@H](O)[C@@H](O[C@@H]7O[C@H](CO)[C@@H](O)[C@H](O)[C@H]7O)[C@H]6O)[C@]5(C)[C@H]4CC[C@]3(C)[C@H]2[C@@H]1C. The molecular weight excluding hydrogens is 1010 g/mol. The highest BCUT2D eigenvalue weighted by Crippen LogP contribution is 2.70. The van der Waals surface area contributed by atoms with E-state index in [1.54, 1.807) is 7.11 Å². The topological polar surface area (TPSA) is 376 Å². The number of rotatable bonds is 16. The normalized spacial score (nSPS) is 54.8. The summed E-state index contributed by atoms with van der Waals surface area (Å²) in [5.74, 6) is -0.263. The van der Waals surface area contributed by atoms with Gasteiger partial charge in [-0.2, -0.15) is 0 Å². The summed E-state index contributed by atoms with van der Waals surface area (Å²) < 4.78 is 61.4. The van der Waals surface area contributed by atoms with Crippen LogP contribution in [0.1, 0.15) is 86.0 Å². The van der Waals surface area contributed by atoms with Gasteiger partial charge < -0.3 is 119 Å². The number of ether oxygens (including phenoxy) is 10. The lowest BCUT2D eigenvalue weighted by Crippen LogP contribution is -2.66. The van der Waals surface area contributed by atoms with Crippen LogP contribution in [0.25, 0.3) is 0 Å². The van der Waals surface area contributed by atoms with Gasteiger partial charge in [0, 0.05) is 31.3 Å². The maximum atomic E-state index is 11.7. The summed E-state index contributed by atoms with van der Waals surface area (Å²) in [5, 5.41) is 149. The summed E-state index contributed by atoms with van der Waals surface area (Å²) in [7, 11) is 1.68. The van der Waals surface area contributed by atoms with Gasteiger partial charge in [0.15, 0.2) is 30.9 Å². The minimum atomic E-state index is -1.89. The van der Waals surface area contributed by atoms with Crippen LogP contribution < -0.4 is 0 Å². The van der Waals surface area contributed by atoms with Crippen molar-refractivity contribution in [2.24, 2.45) is 46.3 Å². The van der Waals surface area contributed by atoms with E-state index in [1.807, 2.05) is 6.92 Å². The lowest BCUT2D eigenvalue weighted by molar-refractivity contribution is -0.388. The molecule has 24 nitrogen and oxygen atoms in total. The van der Waals surface area contributed by atoms with E-state index in [2.05, 4.69) is 26.8 Å². The summed E-state index contributed by atoms with van der Waals surface area (Å²) in [5.41, 5.74) is 0.220. The molecule has 0 radical (unpaired) electrons. The second kappa shape index (κ2) is 23.2. The molecule has 3 saturated carbocycles. The zero-order valence-electron chi connectivity index (χ0n) is 44.1. The van der Waals surface area contributed by atoms with Crippen LogP contribution in [0.5, 0.6) is 0 Å². The molecule has 9 rings (SSSR count). The minimum Gasteiger partial charge on any atom is -0.394 e. The first kappa shape index (κ1) is 59.4. The lowest BCUT2D eigenvalue weighted by atomic mass is 9.46. The number of fused-ring (bicyclic) bond motifs is 7. The average molecular weight is 1100 g/mol. The Bertz CT molecular complexity index is 1970. The Morgan fingerprint density at radius 2 is 1.22 bits per heavy atom. The molecule has 0 bridgehead atoms. The molecule has 9 aliphatic rings. The highest BCUT2D eigenvalue weighted by molar-refractivity contribution is 5.29. The molecule has 0 aromatic heterocycles. The molecule has 76 heavy (non-hydrogen) atoms. The molecule has 0 aromatic carbocycles. The predicted octanol–water partition coefficient (Wildman–Crippen LogP) is -3.38. The van der Waals surface area contributed by atoms with Gasteiger partial charge in [-0.15, -0.1) is 0 Å². The van der Waals surface area contributed by atoms with Crippen molar-refractivity contribution in [3.05, 3.63) is 11.6 Å². The molecule has 5 saturated heterocycles. The second-order valence-corrected chi connectivity index (χ2v) is 24.1. The highest BCUT2D eigenvalue weighted by Gasteiger charge is 2.69. The molecule has 5 aliphatic heterocycles. The minimum absolute atomic E-state index is 0.00733. The summed E-state index contributed by atoms with van der Waals surface area (Å²) in [6, 6.07) is 0. The van der Waals surface area contributed by atoms with Crippen molar-refractivity contribution >= 4 is 0 Å². The van der Waals surface area contributed by atoms with Crippen LogP contribution in [0.2, 0.25) is 0 Å². The first-order chi connectivity index (χ1) is 36.0. The Morgan fingerprint density at radius 1 is 0.645 bits per heavy atom. The molecule has 438 valence electrons. The van der Waals surface area contributed by atoms with Crippen LogP contribution in [0.15, 0.2) is 11.6 Å². The molecule has 0 spiro atoms. The highest BCUT2D eigenvalue weighted by atomic mass is 16.8. The summed E-state index contributed by atoms with van der Waals surface area (Å²) in [4.78, 5) is 0. The smallest absolute Gasteiger partial charge is 0.187 e. The number of aliphatic hydroxyl groups is 14. The average Bonchev–Trinajstić information content (AvgIpc) is 3.93. The molecule has 24 heteroatoms. The van der Waals surface area contributed by atoms with Gasteiger partial charge in [0.25, 0.3) is 0 Å². The molecule has 14 N–H and O–H groups in total. The van der Waals surface area contributed by atoms with Crippen molar-refractivity contribution < 1.29 is 119 Å². The van der Waals surface area contributed by atoms with E-state index < -0.39 is 166 Å². The van der Waals surface area contributed by atoms with Gasteiger partial charge in [0.2, 0.25) is 0 Å². The summed E-state index contributed by atoms with van der Waals surface area (Å²) >= 11 is 0. The fourth-order valence-electron chi connectivity index (χ4n) is 15.4. The molecule has 4 aliphatic carbocycles. The Kier molecular flexibility index (Phi) is 18.1. The van der Waals surface area contributed by atoms with Gasteiger partial charge in [-0.25, -0.2) is 0 Å². The first-order valence-corrected chi connectivity index (χ1v) is 27.4. The number of methoxy groups -OCH3 is 1. The molecule has 8 fully saturated rings. The fraction of sp³-hybridized carbons (Fsp3) is 0.962. The van der Waals surface area contributed by atoms with Gasteiger partial charge in [0.05, 0.1) is 50.8 Å². The number of allylic oxidation sites excluding steroid dienone is 1. The molecule has 5 heterocycles. The quantitative estimate of drug-likeness (QED) is 0.0671.